The Morgan fingerprint density at radius 3 is 2.78 bits per heavy atom. The smallest absolute Gasteiger partial charge is 0.165 e. The Morgan fingerprint density at radius 2 is 2.17 bits per heavy atom. The molecule has 1 heterocycles. The minimum absolute atomic E-state index is 0.152. The van der Waals surface area contributed by atoms with E-state index in [2.05, 4.69) is 4.98 Å². The fraction of sp³-hybridized carbons (Fsp3) is 0.308. The van der Waals surface area contributed by atoms with Gasteiger partial charge in [-0.3, -0.25) is 0 Å². The first-order valence-electron chi connectivity index (χ1n) is 5.61. The summed E-state index contributed by atoms with van der Waals surface area (Å²) in [6, 6.07) is 5.58. The van der Waals surface area contributed by atoms with Crippen LogP contribution in [-0.2, 0) is 6.42 Å². The van der Waals surface area contributed by atoms with E-state index in [1.165, 1.54) is 0 Å². The maximum absolute atomic E-state index is 6.22. The van der Waals surface area contributed by atoms with Crippen LogP contribution in [0.25, 0.3) is 0 Å². The van der Waals surface area contributed by atoms with Crippen LogP contribution in [0.1, 0.15) is 16.6 Å². The van der Waals surface area contributed by atoms with E-state index in [9.17, 15) is 0 Å². The molecule has 0 radical (unpaired) electrons. The largest absolute Gasteiger partial charge is 0.493 e. The average molecular weight is 264 g/mol. The summed E-state index contributed by atoms with van der Waals surface area (Å²) in [5.41, 5.74) is 7.15. The molecule has 18 heavy (non-hydrogen) atoms. The Balaban J connectivity index is 2.26. The first-order valence-corrected chi connectivity index (χ1v) is 6.49. The highest BCUT2D eigenvalue weighted by Crippen LogP contribution is 2.34. The zero-order chi connectivity index (χ0) is 13.0. The Bertz CT molecular complexity index is 500. The van der Waals surface area contributed by atoms with Crippen molar-refractivity contribution in [2.45, 2.75) is 12.5 Å². The van der Waals surface area contributed by atoms with E-state index in [1.54, 1.807) is 31.8 Å². The van der Waals surface area contributed by atoms with E-state index >= 15 is 0 Å². The van der Waals surface area contributed by atoms with Gasteiger partial charge in [0.1, 0.15) is 0 Å². The quantitative estimate of drug-likeness (QED) is 0.901. The van der Waals surface area contributed by atoms with Crippen LogP contribution in [0.2, 0.25) is 0 Å². The molecular formula is C13H16N2O2S. The molecule has 0 spiro atoms. The molecule has 2 rings (SSSR count). The molecule has 0 saturated carbocycles. The van der Waals surface area contributed by atoms with E-state index in [0.717, 1.165) is 10.6 Å². The topological polar surface area (TPSA) is 57.4 Å². The van der Waals surface area contributed by atoms with Crippen molar-refractivity contribution in [2.24, 2.45) is 5.73 Å². The lowest BCUT2D eigenvalue weighted by molar-refractivity contribution is 0.349. The second-order valence-electron chi connectivity index (χ2n) is 3.82. The number of aromatic nitrogens is 1. The number of ether oxygens (including phenoxy) is 2. The lowest BCUT2D eigenvalue weighted by Crippen LogP contribution is -2.14. The molecule has 1 aromatic carbocycles. The van der Waals surface area contributed by atoms with Gasteiger partial charge >= 0.3 is 0 Å². The molecule has 96 valence electrons. The first kappa shape index (κ1) is 12.9. The maximum Gasteiger partial charge on any atom is 0.165 e. The van der Waals surface area contributed by atoms with Gasteiger partial charge in [0.2, 0.25) is 0 Å². The van der Waals surface area contributed by atoms with Crippen molar-refractivity contribution < 1.29 is 9.47 Å². The zero-order valence-electron chi connectivity index (χ0n) is 10.4. The Labute approximate surface area is 110 Å². The van der Waals surface area contributed by atoms with Gasteiger partial charge < -0.3 is 15.2 Å². The van der Waals surface area contributed by atoms with Gasteiger partial charge in [-0.05, 0) is 6.07 Å². The van der Waals surface area contributed by atoms with Crippen LogP contribution < -0.4 is 15.2 Å². The minimum Gasteiger partial charge on any atom is -0.493 e. The molecule has 4 nitrogen and oxygen atoms in total. The van der Waals surface area contributed by atoms with Crippen LogP contribution in [0.5, 0.6) is 11.5 Å². The minimum atomic E-state index is -0.152. The van der Waals surface area contributed by atoms with Crippen molar-refractivity contribution in [2.75, 3.05) is 14.2 Å². The highest BCUT2D eigenvalue weighted by molar-refractivity contribution is 7.09. The van der Waals surface area contributed by atoms with Crippen LogP contribution in [0.3, 0.4) is 0 Å². The van der Waals surface area contributed by atoms with Crippen molar-refractivity contribution in [1.82, 2.24) is 4.98 Å². The summed E-state index contributed by atoms with van der Waals surface area (Å²) in [5.74, 6) is 1.40. The van der Waals surface area contributed by atoms with Crippen LogP contribution in [-0.4, -0.2) is 19.2 Å². The van der Waals surface area contributed by atoms with E-state index in [-0.39, 0.29) is 6.04 Å². The number of thiazole rings is 1. The van der Waals surface area contributed by atoms with E-state index in [4.69, 9.17) is 15.2 Å². The van der Waals surface area contributed by atoms with Crippen LogP contribution in [0.15, 0.2) is 29.8 Å². The Kier molecular flexibility index (Phi) is 4.17. The number of hydrogen-bond acceptors (Lipinski definition) is 5. The molecule has 0 aliphatic rings. The molecular weight excluding hydrogens is 248 g/mol. The lowest BCUT2D eigenvalue weighted by atomic mass is 10.0. The number of rotatable bonds is 5. The molecule has 1 unspecified atom stereocenters. The lowest BCUT2D eigenvalue weighted by Gasteiger charge is -2.17. The third-order valence-corrected chi connectivity index (χ3v) is 3.51. The molecule has 0 aliphatic heterocycles. The van der Waals surface area contributed by atoms with Gasteiger partial charge in [-0.2, -0.15) is 0 Å². The van der Waals surface area contributed by atoms with Gasteiger partial charge in [0.15, 0.2) is 11.5 Å². The summed E-state index contributed by atoms with van der Waals surface area (Å²) in [5, 5.41) is 2.97. The van der Waals surface area contributed by atoms with Crippen molar-refractivity contribution in [1.29, 1.82) is 0 Å². The summed E-state index contributed by atoms with van der Waals surface area (Å²) < 4.78 is 10.7. The first-order chi connectivity index (χ1) is 8.76. The van der Waals surface area contributed by atoms with Gasteiger partial charge in [-0.25, -0.2) is 4.98 Å². The Hall–Kier alpha value is -1.59. The summed E-state index contributed by atoms with van der Waals surface area (Å²) in [7, 11) is 3.24. The van der Waals surface area contributed by atoms with Gasteiger partial charge in [0.05, 0.1) is 19.2 Å². The number of hydrogen-bond donors (Lipinski definition) is 1. The predicted molar refractivity (Wildman–Crippen MR) is 72.3 cm³/mol. The van der Waals surface area contributed by atoms with Gasteiger partial charge in [-0.1, -0.05) is 12.1 Å². The normalized spacial score (nSPS) is 12.2. The van der Waals surface area contributed by atoms with Crippen LogP contribution >= 0.6 is 11.3 Å². The molecule has 1 atom stereocenters. The number of para-hydroxylation sites is 1. The molecule has 1 aromatic heterocycles. The molecule has 0 saturated heterocycles. The van der Waals surface area contributed by atoms with E-state index < -0.39 is 0 Å². The fourth-order valence-corrected chi connectivity index (χ4v) is 2.53. The molecule has 0 bridgehead atoms. The monoisotopic (exact) mass is 264 g/mol. The third-order valence-electron chi connectivity index (χ3n) is 2.71. The van der Waals surface area contributed by atoms with E-state index in [1.807, 2.05) is 23.6 Å². The van der Waals surface area contributed by atoms with Crippen molar-refractivity contribution in [3.63, 3.8) is 0 Å². The maximum atomic E-state index is 6.22. The van der Waals surface area contributed by atoms with Crippen molar-refractivity contribution in [3.05, 3.63) is 40.3 Å². The van der Waals surface area contributed by atoms with Crippen LogP contribution in [0.4, 0.5) is 0 Å². The molecule has 2 N–H and O–H groups in total. The van der Waals surface area contributed by atoms with Crippen LogP contribution in [0, 0.1) is 0 Å². The molecule has 5 heteroatoms. The molecule has 0 aliphatic carbocycles. The van der Waals surface area contributed by atoms with Gasteiger partial charge in [0.25, 0.3) is 0 Å². The highest BCUT2D eigenvalue weighted by atomic mass is 32.1. The van der Waals surface area contributed by atoms with Gasteiger partial charge in [-0.15, -0.1) is 11.3 Å². The fourth-order valence-electron chi connectivity index (χ4n) is 1.86. The molecule has 0 fully saturated rings. The highest BCUT2D eigenvalue weighted by Gasteiger charge is 2.16. The average Bonchev–Trinajstić information content (AvgIpc) is 2.90. The molecule has 2 aromatic rings. The summed E-state index contributed by atoms with van der Waals surface area (Å²) in [4.78, 5) is 4.25. The number of benzene rings is 1. The zero-order valence-corrected chi connectivity index (χ0v) is 11.2. The number of nitrogens with zero attached hydrogens (tertiary/aromatic N) is 1. The standard InChI is InChI=1S/C13H16N2O2S/c1-16-11-5-3-4-9(13(11)17-2)10(14)8-12-15-6-7-18-12/h3-7,10H,8,14H2,1-2H3. The number of nitrogens with two attached hydrogens (primary N) is 1. The van der Waals surface area contributed by atoms with Gasteiger partial charge in [0, 0.05) is 29.6 Å². The Morgan fingerprint density at radius 1 is 1.33 bits per heavy atom. The summed E-state index contributed by atoms with van der Waals surface area (Å²) in [6.07, 6.45) is 2.48. The second-order valence-corrected chi connectivity index (χ2v) is 4.80. The SMILES string of the molecule is COc1cccc(C(N)Cc2nccs2)c1OC. The van der Waals surface area contributed by atoms with Crippen molar-refractivity contribution >= 4 is 11.3 Å². The van der Waals surface area contributed by atoms with E-state index in [0.29, 0.717) is 17.9 Å². The molecule has 0 amide bonds. The third kappa shape index (κ3) is 2.63. The number of methoxy groups -OCH3 is 2. The summed E-state index contributed by atoms with van der Waals surface area (Å²) >= 11 is 1.61. The predicted octanol–water partition coefficient (Wildman–Crippen LogP) is 2.40. The van der Waals surface area contributed by atoms with Crippen molar-refractivity contribution in [3.8, 4) is 11.5 Å². The summed E-state index contributed by atoms with van der Waals surface area (Å²) in [6.45, 7) is 0. The second kappa shape index (κ2) is 5.84.